The van der Waals surface area contributed by atoms with E-state index in [9.17, 15) is 0 Å². The molecule has 2 aromatic heterocycles. The molecule has 2 heterocycles. The van der Waals surface area contributed by atoms with Crippen molar-refractivity contribution in [1.82, 2.24) is 10.1 Å². The molecule has 0 saturated carbocycles. The van der Waals surface area contributed by atoms with Crippen molar-refractivity contribution in [1.29, 1.82) is 0 Å². The van der Waals surface area contributed by atoms with Crippen LogP contribution in [0.5, 0.6) is 0 Å². The van der Waals surface area contributed by atoms with Crippen LogP contribution in [0.2, 0.25) is 0 Å². The van der Waals surface area contributed by atoms with Gasteiger partial charge in [-0.3, -0.25) is 0 Å². The quantitative estimate of drug-likeness (QED) is 0.844. The monoisotopic (exact) mass is 223 g/mol. The third-order valence-corrected chi connectivity index (χ3v) is 2.23. The van der Waals surface area contributed by atoms with Gasteiger partial charge in [-0.05, 0) is 19.1 Å². The van der Waals surface area contributed by atoms with Crippen LogP contribution in [-0.4, -0.2) is 17.3 Å². The van der Waals surface area contributed by atoms with E-state index in [1.807, 2.05) is 6.92 Å². The zero-order valence-electron chi connectivity index (χ0n) is 9.14. The molecular formula is C10H13N3O3. The molecule has 1 unspecified atom stereocenters. The maximum atomic E-state index is 5.44. The fourth-order valence-corrected chi connectivity index (χ4v) is 1.21. The largest absolute Gasteiger partial charge is 0.455 e. The second-order valence-electron chi connectivity index (χ2n) is 3.31. The Hall–Kier alpha value is -1.66. The summed E-state index contributed by atoms with van der Waals surface area (Å²) in [5, 5.41) is 3.80. The summed E-state index contributed by atoms with van der Waals surface area (Å²) in [5.74, 6) is 2.01. The SMILES string of the molecule is COC(C)c1noc(-c2ccc(CN)o2)n1. The number of aromatic nitrogens is 2. The summed E-state index contributed by atoms with van der Waals surface area (Å²) in [5.41, 5.74) is 5.44. The smallest absolute Gasteiger partial charge is 0.293 e. The molecule has 16 heavy (non-hydrogen) atoms. The van der Waals surface area contributed by atoms with Gasteiger partial charge in [0, 0.05) is 7.11 Å². The van der Waals surface area contributed by atoms with Crippen LogP contribution in [-0.2, 0) is 11.3 Å². The third-order valence-electron chi connectivity index (χ3n) is 2.23. The van der Waals surface area contributed by atoms with Crippen molar-refractivity contribution in [3.8, 4) is 11.7 Å². The molecule has 0 aliphatic heterocycles. The average Bonchev–Trinajstić information content (AvgIpc) is 2.95. The highest BCUT2D eigenvalue weighted by atomic mass is 16.5. The lowest BCUT2D eigenvalue weighted by atomic mass is 10.4. The van der Waals surface area contributed by atoms with Gasteiger partial charge in [-0.1, -0.05) is 5.16 Å². The summed E-state index contributed by atoms with van der Waals surface area (Å²) in [7, 11) is 1.58. The highest BCUT2D eigenvalue weighted by Crippen LogP contribution is 2.22. The standard InChI is InChI=1S/C10H13N3O3/c1-6(14-2)9-12-10(16-13-9)8-4-3-7(5-11)15-8/h3-4,6H,5,11H2,1-2H3. The molecule has 0 bridgehead atoms. The molecule has 0 aliphatic rings. The van der Waals surface area contributed by atoms with Gasteiger partial charge in [0.05, 0.1) is 6.54 Å². The van der Waals surface area contributed by atoms with E-state index in [1.165, 1.54) is 0 Å². The van der Waals surface area contributed by atoms with Gasteiger partial charge in [0.1, 0.15) is 11.9 Å². The van der Waals surface area contributed by atoms with Crippen LogP contribution in [0.25, 0.3) is 11.7 Å². The molecule has 86 valence electrons. The van der Waals surface area contributed by atoms with Gasteiger partial charge < -0.3 is 19.4 Å². The molecule has 0 saturated heterocycles. The van der Waals surface area contributed by atoms with E-state index in [0.29, 0.717) is 29.8 Å². The Morgan fingerprint density at radius 3 is 2.94 bits per heavy atom. The van der Waals surface area contributed by atoms with E-state index in [-0.39, 0.29) is 6.10 Å². The predicted molar refractivity (Wildman–Crippen MR) is 55.3 cm³/mol. The minimum Gasteiger partial charge on any atom is -0.455 e. The van der Waals surface area contributed by atoms with Crippen LogP contribution in [0.1, 0.15) is 24.6 Å². The molecule has 0 spiro atoms. The van der Waals surface area contributed by atoms with Crippen LogP contribution in [0.4, 0.5) is 0 Å². The number of hydrogen-bond acceptors (Lipinski definition) is 6. The van der Waals surface area contributed by atoms with Gasteiger partial charge in [-0.2, -0.15) is 4.98 Å². The number of rotatable bonds is 4. The number of methoxy groups -OCH3 is 1. The average molecular weight is 223 g/mol. The first kappa shape index (κ1) is 10.8. The number of hydrogen-bond donors (Lipinski definition) is 1. The second-order valence-corrected chi connectivity index (χ2v) is 3.31. The lowest BCUT2D eigenvalue weighted by Gasteiger charge is -2.00. The van der Waals surface area contributed by atoms with Crippen molar-refractivity contribution in [2.45, 2.75) is 19.6 Å². The molecule has 6 heteroatoms. The zero-order chi connectivity index (χ0) is 11.5. The fraction of sp³-hybridized carbons (Fsp3) is 0.400. The minimum absolute atomic E-state index is 0.207. The molecule has 0 amide bonds. The Labute approximate surface area is 92.4 Å². The van der Waals surface area contributed by atoms with Crippen LogP contribution in [0.3, 0.4) is 0 Å². The van der Waals surface area contributed by atoms with E-state index in [2.05, 4.69) is 10.1 Å². The Balaban J connectivity index is 2.24. The van der Waals surface area contributed by atoms with Crippen LogP contribution in [0.15, 0.2) is 21.1 Å². The Kier molecular flexibility index (Phi) is 3.02. The molecule has 0 aliphatic carbocycles. The molecule has 0 aromatic carbocycles. The van der Waals surface area contributed by atoms with Gasteiger partial charge in [-0.15, -0.1) is 0 Å². The molecule has 2 N–H and O–H groups in total. The summed E-state index contributed by atoms with van der Waals surface area (Å²) >= 11 is 0. The van der Waals surface area contributed by atoms with Crippen molar-refractivity contribution < 1.29 is 13.7 Å². The van der Waals surface area contributed by atoms with E-state index >= 15 is 0 Å². The molecule has 6 nitrogen and oxygen atoms in total. The summed E-state index contributed by atoms with van der Waals surface area (Å²) < 4.78 is 15.5. The first-order valence-corrected chi connectivity index (χ1v) is 4.90. The number of nitrogens with zero attached hydrogens (tertiary/aromatic N) is 2. The molecule has 2 aromatic rings. The van der Waals surface area contributed by atoms with Gasteiger partial charge in [0.15, 0.2) is 5.76 Å². The summed E-state index contributed by atoms with van der Waals surface area (Å²) in [6.07, 6.45) is -0.207. The molecule has 0 radical (unpaired) electrons. The topological polar surface area (TPSA) is 87.3 Å². The number of ether oxygens (including phenoxy) is 1. The van der Waals surface area contributed by atoms with Gasteiger partial charge in [0.2, 0.25) is 5.82 Å². The van der Waals surface area contributed by atoms with E-state index in [1.54, 1.807) is 19.2 Å². The van der Waals surface area contributed by atoms with Crippen LogP contribution >= 0.6 is 0 Å². The molecule has 0 fully saturated rings. The summed E-state index contributed by atoms with van der Waals surface area (Å²) in [4.78, 5) is 4.16. The third kappa shape index (κ3) is 1.98. The lowest BCUT2D eigenvalue weighted by molar-refractivity contribution is 0.109. The second kappa shape index (κ2) is 4.46. The first-order chi connectivity index (χ1) is 7.74. The predicted octanol–water partition coefficient (Wildman–Crippen LogP) is 1.50. The highest BCUT2D eigenvalue weighted by molar-refractivity contribution is 5.44. The van der Waals surface area contributed by atoms with Crippen molar-refractivity contribution in [3.63, 3.8) is 0 Å². The number of furan rings is 1. The Morgan fingerprint density at radius 1 is 1.50 bits per heavy atom. The van der Waals surface area contributed by atoms with Crippen LogP contribution < -0.4 is 5.73 Å². The van der Waals surface area contributed by atoms with Crippen molar-refractivity contribution in [2.75, 3.05) is 7.11 Å². The minimum atomic E-state index is -0.207. The summed E-state index contributed by atoms with van der Waals surface area (Å²) in [6, 6.07) is 3.52. The van der Waals surface area contributed by atoms with Crippen molar-refractivity contribution in [2.24, 2.45) is 5.73 Å². The zero-order valence-corrected chi connectivity index (χ0v) is 9.14. The maximum absolute atomic E-state index is 5.44. The van der Waals surface area contributed by atoms with Gasteiger partial charge in [-0.25, -0.2) is 0 Å². The highest BCUT2D eigenvalue weighted by Gasteiger charge is 2.16. The summed E-state index contributed by atoms with van der Waals surface area (Å²) in [6.45, 7) is 2.18. The first-order valence-electron chi connectivity index (χ1n) is 4.90. The normalized spacial score (nSPS) is 12.9. The Bertz CT molecular complexity index is 463. The lowest BCUT2D eigenvalue weighted by Crippen LogP contribution is -1.97. The van der Waals surface area contributed by atoms with Crippen molar-refractivity contribution >= 4 is 0 Å². The number of nitrogens with two attached hydrogens (primary N) is 1. The van der Waals surface area contributed by atoms with E-state index in [0.717, 1.165) is 0 Å². The van der Waals surface area contributed by atoms with Crippen molar-refractivity contribution in [3.05, 3.63) is 23.7 Å². The van der Waals surface area contributed by atoms with Gasteiger partial charge >= 0.3 is 0 Å². The molecular weight excluding hydrogens is 210 g/mol. The Morgan fingerprint density at radius 2 is 2.31 bits per heavy atom. The van der Waals surface area contributed by atoms with Crippen LogP contribution in [0, 0.1) is 0 Å². The molecule has 2 rings (SSSR count). The van der Waals surface area contributed by atoms with E-state index in [4.69, 9.17) is 19.4 Å². The van der Waals surface area contributed by atoms with Gasteiger partial charge in [0.25, 0.3) is 5.89 Å². The van der Waals surface area contributed by atoms with E-state index < -0.39 is 0 Å². The fourth-order valence-electron chi connectivity index (χ4n) is 1.21. The molecule has 1 atom stereocenters. The maximum Gasteiger partial charge on any atom is 0.293 e.